The van der Waals surface area contributed by atoms with Crippen LogP contribution in [0.5, 0.6) is 0 Å². The molecule has 2 unspecified atom stereocenters. The number of carbonyl (C=O) groups is 1. The molecule has 0 spiro atoms. The molecule has 0 bridgehead atoms. The molecule has 1 aromatic heterocycles. The highest BCUT2D eigenvalue weighted by atomic mass is 32.1. The minimum Gasteiger partial charge on any atom is -0.353 e. The van der Waals surface area contributed by atoms with Crippen molar-refractivity contribution in [3.63, 3.8) is 0 Å². The molecule has 4 heteroatoms. The Morgan fingerprint density at radius 1 is 1.44 bits per heavy atom. The van der Waals surface area contributed by atoms with E-state index in [1.807, 2.05) is 6.92 Å². The molecular formula is C14H24N2OS. The first-order chi connectivity index (χ1) is 8.47. The predicted octanol–water partition coefficient (Wildman–Crippen LogP) is 2.62. The Hall–Kier alpha value is -0.870. The number of nitrogens with two attached hydrogens (primary N) is 1. The van der Waals surface area contributed by atoms with Gasteiger partial charge in [-0.25, -0.2) is 0 Å². The summed E-state index contributed by atoms with van der Waals surface area (Å²) in [4.78, 5) is 14.3. The van der Waals surface area contributed by atoms with Crippen molar-refractivity contribution in [2.24, 2.45) is 5.73 Å². The molecule has 0 saturated carbocycles. The highest BCUT2D eigenvalue weighted by molar-refractivity contribution is 7.11. The molecule has 0 radical (unpaired) electrons. The molecule has 1 heterocycles. The van der Waals surface area contributed by atoms with E-state index in [-0.39, 0.29) is 18.0 Å². The molecule has 2 atom stereocenters. The van der Waals surface area contributed by atoms with Gasteiger partial charge in [0.25, 0.3) is 0 Å². The molecule has 0 saturated heterocycles. The molecule has 3 nitrogen and oxygen atoms in total. The van der Waals surface area contributed by atoms with E-state index < -0.39 is 0 Å². The number of rotatable bonds is 7. The van der Waals surface area contributed by atoms with Gasteiger partial charge in [-0.3, -0.25) is 4.79 Å². The van der Waals surface area contributed by atoms with Gasteiger partial charge in [0.05, 0.1) is 0 Å². The normalized spacial score (nSPS) is 14.2. The number of nitrogens with one attached hydrogen (secondary N) is 1. The molecule has 1 amide bonds. The van der Waals surface area contributed by atoms with Crippen LogP contribution in [0.4, 0.5) is 0 Å². The van der Waals surface area contributed by atoms with Crippen LogP contribution in [0.2, 0.25) is 0 Å². The third kappa shape index (κ3) is 6.17. The quantitative estimate of drug-likeness (QED) is 0.798. The highest BCUT2D eigenvalue weighted by Gasteiger charge is 2.09. The number of amides is 1. The lowest BCUT2D eigenvalue weighted by Gasteiger charge is -2.13. The van der Waals surface area contributed by atoms with Crippen molar-refractivity contribution in [2.45, 2.75) is 58.5 Å². The molecule has 0 aromatic carbocycles. The zero-order valence-electron chi connectivity index (χ0n) is 11.5. The van der Waals surface area contributed by atoms with Gasteiger partial charge in [0, 0.05) is 34.7 Å². The lowest BCUT2D eigenvalue weighted by Crippen LogP contribution is -2.33. The van der Waals surface area contributed by atoms with E-state index in [1.54, 1.807) is 11.3 Å². The largest absolute Gasteiger partial charge is 0.353 e. The first kappa shape index (κ1) is 15.2. The van der Waals surface area contributed by atoms with Gasteiger partial charge >= 0.3 is 0 Å². The molecule has 0 aliphatic rings. The van der Waals surface area contributed by atoms with Crippen molar-refractivity contribution in [2.75, 3.05) is 0 Å². The van der Waals surface area contributed by atoms with Crippen LogP contribution in [-0.2, 0) is 11.2 Å². The van der Waals surface area contributed by atoms with Crippen molar-refractivity contribution >= 4 is 17.2 Å². The molecule has 102 valence electrons. The number of hydrogen-bond donors (Lipinski definition) is 2. The predicted molar refractivity (Wildman–Crippen MR) is 77.9 cm³/mol. The molecule has 0 aliphatic carbocycles. The maximum Gasteiger partial charge on any atom is 0.220 e. The van der Waals surface area contributed by atoms with Crippen molar-refractivity contribution < 1.29 is 4.79 Å². The summed E-state index contributed by atoms with van der Waals surface area (Å²) in [6, 6.07) is 4.64. The SMILES string of the molecule is Cc1ccc(CC(C)NC(=O)CCCC(C)N)s1. The van der Waals surface area contributed by atoms with Crippen LogP contribution in [0.1, 0.15) is 42.9 Å². The van der Waals surface area contributed by atoms with Crippen molar-refractivity contribution in [3.8, 4) is 0 Å². The van der Waals surface area contributed by atoms with Gasteiger partial charge in [-0.15, -0.1) is 11.3 Å². The number of aryl methyl sites for hydroxylation is 1. The first-order valence-electron chi connectivity index (χ1n) is 6.57. The minimum absolute atomic E-state index is 0.136. The van der Waals surface area contributed by atoms with E-state index in [9.17, 15) is 4.79 Å². The van der Waals surface area contributed by atoms with Gasteiger partial charge in [0.1, 0.15) is 0 Å². The molecule has 3 N–H and O–H groups in total. The summed E-state index contributed by atoms with van der Waals surface area (Å²) in [5.41, 5.74) is 5.65. The van der Waals surface area contributed by atoms with E-state index in [0.717, 1.165) is 19.3 Å². The average molecular weight is 268 g/mol. The summed E-state index contributed by atoms with van der Waals surface area (Å²) in [5, 5.41) is 3.04. The molecule has 1 aromatic rings. The molecule has 18 heavy (non-hydrogen) atoms. The smallest absolute Gasteiger partial charge is 0.220 e. The van der Waals surface area contributed by atoms with E-state index in [4.69, 9.17) is 5.73 Å². The van der Waals surface area contributed by atoms with E-state index in [0.29, 0.717) is 6.42 Å². The number of thiophene rings is 1. The summed E-state index contributed by atoms with van der Waals surface area (Å²) in [6.07, 6.45) is 3.27. The Morgan fingerprint density at radius 3 is 2.72 bits per heavy atom. The van der Waals surface area contributed by atoms with Gasteiger partial charge in [-0.05, 0) is 45.7 Å². The van der Waals surface area contributed by atoms with Crippen LogP contribution >= 0.6 is 11.3 Å². The van der Waals surface area contributed by atoms with E-state index in [1.165, 1.54) is 9.75 Å². The Bertz CT molecular complexity index is 374. The molecule has 0 aliphatic heterocycles. The van der Waals surface area contributed by atoms with Gasteiger partial charge in [0.15, 0.2) is 0 Å². The number of hydrogen-bond acceptors (Lipinski definition) is 3. The fraction of sp³-hybridized carbons (Fsp3) is 0.643. The standard InChI is InChI=1S/C14H24N2OS/c1-10(15)5-4-6-14(17)16-11(2)9-13-8-7-12(3)18-13/h7-8,10-11H,4-6,9,15H2,1-3H3,(H,16,17). The van der Waals surface area contributed by atoms with Crippen LogP contribution in [0.15, 0.2) is 12.1 Å². The lowest BCUT2D eigenvalue weighted by atomic mass is 10.1. The van der Waals surface area contributed by atoms with Crippen LogP contribution in [0, 0.1) is 6.92 Å². The maximum absolute atomic E-state index is 11.7. The highest BCUT2D eigenvalue weighted by Crippen LogP contribution is 2.16. The molecule has 0 fully saturated rings. The topological polar surface area (TPSA) is 55.1 Å². The molecular weight excluding hydrogens is 244 g/mol. The lowest BCUT2D eigenvalue weighted by molar-refractivity contribution is -0.121. The second kappa shape index (κ2) is 7.54. The van der Waals surface area contributed by atoms with Crippen LogP contribution in [-0.4, -0.2) is 18.0 Å². The van der Waals surface area contributed by atoms with Gasteiger partial charge in [-0.2, -0.15) is 0 Å². The van der Waals surface area contributed by atoms with E-state index in [2.05, 4.69) is 31.3 Å². The Balaban J connectivity index is 2.23. The minimum atomic E-state index is 0.136. The Labute approximate surface area is 114 Å². The van der Waals surface area contributed by atoms with Gasteiger partial charge in [0.2, 0.25) is 5.91 Å². The van der Waals surface area contributed by atoms with Gasteiger partial charge in [-0.1, -0.05) is 0 Å². The third-order valence-corrected chi connectivity index (χ3v) is 3.80. The van der Waals surface area contributed by atoms with Crippen molar-refractivity contribution in [1.82, 2.24) is 5.32 Å². The second-order valence-corrected chi connectivity index (χ2v) is 6.43. The summed E-state index contributed by atoms with van der Waals surface area (Å²) in [7, 11) is 0. The molecule has 1 rings (SSSR count). The summed E-state index contributed by atoms with van der Waals surface area (Å²) in [6.45, 7) is 6.13. The van der Waals surface area contributed by atoms with Crippen molar-refractivity contribution in [1.29, 1.82) is 0 Å². The summed E-state index contributed by atoms with van der Waals surface area (Å²) < 4.78 is 0. The summed E-state index contributed by atoms with van der Waals surface area (Å²) in [5.74, 6) is 0.136. The Kier molecular flexibility index (Phi) is 6.36. The number of carbonyl (C=O) groups excluding carboxylic acids is 1. The van der Waals surface area contributed by atoms with Gasteiger partial charge < -0.3 is 11.1 Å². The van der Waals surface area contributed by atoms with Crippen molar-refractivity contribution in [3.05, 3.63) is 21.9 Å². The fourth-order valence-corrected chi connectivity index (χ4v) is 2.90. The Morgan fingerprint density at radius 2 is 2.17 bits per heavy atom. The average Bonchev–Trinajstić information content (AvgIpc) is 2.62. The van der Waals surface area contributed by atoms with Crippen LogP contribution in [0.25, 0.3) is 0 Å². The zero-order valence-corrected chi connectivity index (χ0v) is 12.3. The third-order valence-electron chi connectivity index (χ3n) is 2.77. The monoisotopic (exact) mass is 268 g/mol. The maximum atomic E-state index is 11.7. The van der Waals surface area contributed by atoms with Crippen LogP contribution < -0.4 is 11.1 Å². The zero-order chi connectivity index (χ0) is 13.5. The first-order valence-corrected chi connectivity index (χ1v) is 7.39. The van der Waals surface area contributed by atoms with E-state index >= 15 is 0 Å². The second-order valence-electron chi connectivity index (χ2n) is 5.05. The summed E-state index contributed by atoms with van der Waals surface area (Å²) >= 11 is 1.80. The fourth-order valence-electron chi connectivity index (χ4n) is 1.88. The van der Waals surface area contributed by atoms with Crippen LogP contribution in [0.3, 0.4) is 0 Å².